The maximum absolute atomic E-state index is 8.63. The minimum absolute atomic E-state index is 0.309. The Morgan fingerprint density at radius 2 is 2.21 bits per heavy atom. The van der Waals surface area contributed by atoms with Crippen molar-refractivity contribution < 1.29 is 4.74 Å². The van der Waals surface area contributed by atoms with E-state index in [1.165, 1.54) is 6.20 Å². The summed E-state index contributed by atoms with van der Waals surface area (Å²) >= 11 is 0. The predicted octanol–water partition coefficient (Wildman–Crippen LogP) is 2.36. The molecule has 0 atom stereocenters. The Bertz CT molecular complexity index is 575. The molecule has 19 heavy (non-hydrogen) atoms. The van der Waals surface area contributed by atoms with Crippen molar-refractivity contribution in [1.82, 2.24) is 9.97 Å². The van der Waals surface area contributed by atoms with E-state index in [2.05, 4.69) is 15.3 Å². The van der Waals surface area contributed by atoms with Gasteiger partial charge in [0.15, 0.2) is 5.69 Å². The van der Waals surface area contributed by atoms with Crippen molar-refractivity contribution in [2.45, 2.75) is 13.5 Å². The molecule has 0 unspecified atom stereocenters. The summed E-state index contributed by atoms with van der Waals surface area (Å²) < 4.78 is 5.44. The van der Waals surface area contributed by atoms with Crippen LogP contribution in [0.2, 0.25) is 0 Å². The Morgan fingerprint density at radius 1 is 1.32 bits per heavy atom. The smallest absolute Gasteiger partial charge is 0.158 e. The van der Waals surface area contributed by atoms with Crippen LogP contribution < -0.4 is 10.1 Å². The number of nitrogens with one attached hydrogen (secondary N) is 1. The number of nitrogens with zero attached hydrogens (tertiary/aromatic N) is 3. The summed E-state index contributed by atoms with van der Waals surface area (Å²) in [6.45, 7) is 3.23. The van der Waals surface area contributed by atoms with Gasteiger partial charge in [-0.25, -0.2) is 9.97 Å². The zero-order valence-corrected chi connectivity index (χ0v) is 10.6. The molecule has 2 rings (SSSR count). The summed E-state index contributed by atoms with van der Waals surface area (Å²) in [7, 11) is 0. The van der Waals surface area contributed by atoms with Gasteiger partial charge in [0.05, 0.1) is 19.0 Å². The van der Waals surface area contributed by atoms with Gasteiger partial charge in [0.2, 0.25) is 0 Å². The number of rotatable bonds is 5. The average Bonchev–Trinajstić information content (AvgIpc) is 2.46. The lowest BCUT2D eigenvalue weighted by molar-refractivity contribution is 0.340. The predicted molar refractivity (Wildman–Crippen MR) is 71.7 cm³/mol. The molecule has 0 bridgehead atoms. The quantitative estimate of drug-likeness (QED) is 0.886. The van der Waals surface area contributed by atoms with Crippen LogP contribution in [0.4, 0.5) is 5.82 Å². The maximum Gasteiger partial charge on any atom is 0.158 e. The molecule has 1 heterocycles. The normalized spacial score (nSPS) is 9.68. The zero-order chi connectivity index (χ0) is 13.5. The van der Waals surface area contributed by atoms with E-state index in [0.717, 1.165) is 11.3 Å². The molecule has 2 aromatic rings. The number of benzene rings is 1. The van der Waals surface area contributed by atoms with Crippen LogP contribution in [0.3, 0.4) is 0 Å². The Kier molecular flexibility index (Phi) is 4.29. The standard InChI is InChI=1S/C14H14N4O/c1-2-19-13-5-3-4-11(6-13)8-17-14-10-16-12(7-15)9-18-14/h3-6,9-10H,2,8H2,1H3,(H,17,18). The molecule has 1 N–H and O–H groups in total. The van der Waals surface area contributed by atoms with E-state index in [0.29, 0.717) is 24.7 Å². The zero-order valence-electron chi connectivity index (χ0n) is 10.6. The van der Waals surface area contributed by atoms with E-state index in [-0.39, 0.29) is 0 Å². The van der Waals surface area contributed by atoms with Gasteiger partial charge in [-0.05, 0) is 24.6 Å². The summed E-state index contributed by atoms with van der Waals surface area (Å²) in [6, 6.07) is 9.79. The Balaban J connectivity index is 1.97. The topological polar surface area (TPSA) is 70.8 Å². The highest BCUT2D eigenvalue weighted by atomic mass is 16.5. The molecule has 0 aliphatic rings. The summed E-state index contributed by atoms with van der Waals surface area (Å²) in [5.74, 6) is 1.49. The molecule has 5 nitrogen and oxygen atoms in total. The van der Waals surface area contributed by atoms with Gasteiger partial charge in [0.1, 0.15) is 17.6 Å². The van der Waals surface area contributed by atoms with Crippen LogP contribution in [0, 0.1) is 11.3 Å². The third kappa shape index (κ3) is 3.68. The van der Waals surface area contributed by atoms with Gasteiger partial charge in [-0.15, -0.1) is 0 Å². The van der Waals surface area contributed by atoms with Gasteiger partial charge in [-0.2, -0.15) is 5.26 Å². The highest BCUT2D eigenvalue weighted by Crippen LogP contribution is 2.14. The Labute approximate surface area is 111 Å². The van der Waals surface area contributed by atoms with Crippen molar-refractivity contribution in [1.29, 1.82) is 5.26 Å². The van der Waals surface area contributed by atoms with E-state index in [1.807, 2.05) is 37.3 Å². The highest BCUT2D eigenvalue weighted by molar-refractivity contribution is 5.36. The van der Waals surface area contributed by atoms with Crippen LogP contribution in [0.15, 0.2) is 36.7 Å². The van der Waals surface area contributed by atoms with Crippen molar-refractivity contribution in [2.75, 3.05) is 11.9 Å². The van der Waals surface area contributed by atoms with Crippen LogP contribution >= 0.6 is 0 Å². The van der Waals surface area contributed by atoms with Crippen molar-refractivity contribution in [3.05, 3.63) is 47.9 Å². The number of aromatic nitrogens is 2. The highest BCUT2D eigenvalue weighted by Gasteiger charge is 1.99. The molecule has 0 radical (unpaired) electrons. The van der Waals surface area contributed by atoms with Gasteiger partial charge < -0.3 is 10.1 Å². The number of ether oxygens (including phenoxy) is 1. The van der Waals surface area contributed by atoms with Crippen molar-refractivity contribution in [2.24, 2.45) is 0 Å². The molecule has 0 aliphatic heterocycles. The Morgan fingerprint density at radius 3 is 2.89 bits per heavy atom. The molecule has 0 amide bonds. The van der Waals surface area contributed by atoms with E-state index in [9.17, 15) is 0 Å². The van der Waals surface area contributed by atoms with Crippen molar-refractivity contribution in [3.63, 3.8) is 0 Å². The first kappa shape index (κ1) is 12.8. The molecule has 0 fully saturated rings. The monoisotopic (exact) mass is 254 g/mol. The molecule has 5 heteroatoms. The van der Waals surface area contributed by atoms with Gasteiger partial charge in [-0.1, -0.05) is 12.1 Å². The first-order valence-corrected chi connectivity index (χ1v) is 5.99. The third-order valence-electron chi connectivity index (χ3n) is 2.45. The molecule has 0 spiro atoms. The maximum atomic E-state index is 8.63. The van der Waals surface area contributed by atoms with Gasteiger partial charge in [0, 0.05) is 6.54 Å². The van der Waals surface area contributed by atoms with Crippen LogP contribution in [-0.2, 0) is 6.54 Å². The fourth-order valence-electron chi connectivity index (χ4n) is 1.58. The van der Waals surface area contributed by atoms with Crippen molar-refractivity contribution in [3.8, 4) is 11.8 Å². The van der Waals surface area contributed by atoms with E-state index < -0.39 is 0 Å². The SMILES string of the molecule is CCOc1cccc(CNc2cnc(C#N)cn2)c1. The lowest BCUT2D eigenvalue weighted by atomic mass is 10.2. The third-order valence-corrected chi connectivity index (χ3v) is 2.45. The molecule has 1 aromatic carbocycles. The van der Waals surface area contributed by atoms with E-state index >= 15 is 0 Å². The fourth-order valence-corrected chi connectivity index (χ4v) is 1.58. The second kappa shape index (κ2) is 6.36. The lowest BCUT2D eigenvalue weighted by Crippen LogP contribution is -2.02. The first-order chi connectivity index (χ1) is 9.31. The minimum Gasteiger partial charge on any atom is -0.494 e. The summed E-state index contributed by atoms with van der Waals surface area (Å²) in [4.78, 5) is 8.04. The van der Waals surface area contributed by atoms with Gasteiger partial charge in [-0.3, -0.25) is 0 Å². The Hall–Kier alpha value is -2.61. The first-order valence-electron chi connectivity index (χ1n) is 5.99. The fraction of sp³-hybridized carbons (Fsp3) is 0.214. The van der Waals surface area contributed by atoms with Crippen LogP contribution in [-0.4, -0.2) is 16.6 Å². The largest absolute Gasteiger partial charge is 0.494 e. The lowest BCUT2D eigenvalue weighted by Gasteiger charge is -2.07. The number of hydrogen-bond acceptors (Lipinski definition) is 5. The molecular formula is C14H14N4O. The van der Waals surface area contributed by atoms with Crippen LogP contribution in [0.25, 0.3) is 0 Å². The number of hydrogen-bond donors (Lipinski definition) is 1. The van der Waals surface area contributed by atoms with Crippen molar-refractivity contribution >= 4 is 5.82 Å². The molecule has 0 aliphatic carbocycles. The second-order valence-corrected chi connectivity index (χ2v) is 3.83. The van der Waals surface area contributed by atoms with E-state index in [4.69, 9.17) is 10.00 Å². The van der Waals surface area contributed by atoms with E-state index in [1.54, 1.807) is 6.20 Å². The minimum atomic E-state index is 0.309. The molecular weight excluding hydrogens is 240 g/mol. The number of anilines is 1. The summed E-state index contributed by atoms with van der Waals surface area (Å²) in [6.07, 6.45) is 2.99. The summed E-state index contributed by atoms with van der Waals surface area (Å²) in [5, 5.41) is 11.8. The molecule has 1 aromatic heterocycles. The molecule has 96 valence electrons. The van der Waals surface area contributed by atoms with Crippen LogP contribution in [0.1, 0.15) is 18.2 Å². The summed E-state index contributed by atoms with van der Waals surface area (Å²) in [5.41, 5.74) is 1.40. The average molecular weight is 254 g/mol. The number of nitriles is 1. The van der Waals surface area contributed by atoms with Crippen LogP contribution in [0.5, 0.6) is 5.75 Å². The molecule has 0 saturated heterocycles. The van der Waals surface area contributed by atoms with Gasteiger partial charge >= 0.3 is 0 Å². The van der Waals surface area contributed by atoms with Gasteiger partial charge in [0.25, 0.3) is 0 Å². The molecule has 0 saturated carbocycles. The second-order valence-electron chi connectivity index (χ2n) is 3.83.